The third kappa shape index (κ3) is 4.00. The molecule has 1 aromatic rings. The standard InChI is InChI=1S/C12H17N3O3S/c1-19(17,18)14-10-5-4-8-15(9-10)12(16)11-6-2-3-7-13-11/h2-3,6-7,10,14H,4-5,8-9H2,1H3/t10-/m0/s1. The van der Waals surface area contributed by atoms with Crippen LogP contribution in [0.4, 0.5) is 0 Å². The Labute approximate surface area is 112 Å². The van der Waals surface area contributed by atoms with Crippen LogP contribution >= 0.6 is 0 Å². The highest BCUT2D eigenvalue weighted by molar-refractivity contribution is 7.88. The Morgan fingerprint density at radius 2 is 2.26 bits per heavy atom. The first-order valence-corrected chi connectivity index (χ1v) is 8.02. The molecule has 1 saturated heterocycles. The van der Waals surface area contributed by atoms with E-state index >= 15 is 0 Å². The minimum Gasteiger partial charge on any atom is -0.336 e. The molecule has 1 atom stereocenters. The normalized spacial score (nSPS) is 20.3. The maximum atomic E-state index is 12.2. The molecule has 1 aromatic heterocycles. The van der Waals surface area contributed by atoms with Gasteiger partial charge in [0.2, 0.25) is 10.0 Å². The van der Waals surface area contributed by atoms with Crippen molar-refractivity contribution in [2.75, 3.05) is 19.3 Å². The molecule has 2 rings (SSSR count). The van der Waals surface area contributed by atoms with Crippen LogP contribution in [0.5, 0.6) is 0 Å². The molecule has 0 unspecified atom stereocenters. The summed E-state index contributed by atoms with van der Waals surface area (Å²) in [5.41, 5.74) is 0.391. The number of likely N-dealkylation sites (tertiary alicyclic amines) is 1. The Bertz CT molecular complexity index is 545. The molecule has 2 heterocycles. The van der Waals surface area contributed by atoms with Gasteiger partial charge in [0.15, 0.2) is 0 Å². The second-order valence-electron chi connectivity index (χ2n) is 4.70. The number of nitrogens with zero attached hydrogens (tertiary/aromatic N) is 2. The smallest absolute Gasteiger partial charge is 0.272 e. The van der Waals surface area contributed by atoms with Gasteiger partial charge in [-0.3, -0.25) is 9.78 Å². The van der Waals surface area contributed by atoms with E-state index in [0.29, 0.717) is 18.8 Å². The molecule has 0 saturated carbocycles. The topological polar surface area (TPSA) is 79.4 Å². The molecule has 19 heavy (non-hydrogen) atoms. The lowest BCUT2D eigenvalue weighted by atomic mass is 10.1. The highest BCUT2D eigenvalue weighted by Crippen LogP contribution is 2.13. The van der Waals surface area contributed by atoms with E-state index in [1.165, 1.54) is 0 Å². The number of sulfonamides is 1. The molecule has 0 radical (unpaired) electrons. The Hall–Kier alpha value is -1.47. The van der Waals surface area contributed by atoms with Crippen molar-refractivity contribution in [1.82, 2.24) is 14.6 Å². The van der Waals surface area contributed by atoms with Crippen molar-refractivity contribution >= 4 is 15.9 Å². The lowest BCUT2D eigenvalue weighted by molar-refractivity contribution is 0.0697. The van der Waals surface area contributed by atoms with E-state index in [4.69, 9.17) is 0 Å². The predicted octanol–water partition coefficient (Wildman–Crippen LogP) is 0.235. The highest BCUT2D eigenvalue weighted by Gasteiger charge is 2.26. The van der Waals surface area contributed by atoms with Gasteiger partial charge in [-0.15, -0.1) is 0 Å². The summed E-state index contributed by atoms with van der Waals surface area (Å²) in [5, 5.41) is 0. The molecule has 1 fully saturated rings. The van der Waals surface area contributed by atoms with Gasteiger partial charge >= 0.3 is 0 Å². The largest absolute Gasteiger partial charge is 0.336 e. The van der Waals surface area contributed by atoms with Gasteiger partial charge in [-0.2, -0.15) is 0 Å². The van der Waals surface area contributed by atoms with Crippen LogP contribution in [0, 0.1) is 0 Å². The maximum absolute atomic E-state index is 12.2. The van der Waals surface area contributed by atoms with E-state index in [2.05, 4.69) is 9.71 Å². The molecule has 1 aliphatic rings. The number of piperidine rings is 1. The fourth-order valence-electron chi connectivity index (χ4n) is 2.21. The van der Waals surface area contributed by atoms with E-state index in [-0.39, 0.29) is 11.9 Å². The van der Waals surface area contributed by atoms with Crippen molar-refractivity contribution in [3.05, 3.63) is 30.1 Å². The summed E-state index contributed by atoms with van der Waals surface area (Å²) in [6, 6.07) is 4.96. The van der Waals surface area contributed by atoms with E-state index in [9.17, 15) is 13.2 Å². The molecular formula is C12H17N3O3S. The van der Waals surface area contributed by atoms with Gasteiger partial charge < -0.3 is 4.90 Å². The number of amides is 1. The fourth-order valence-corrected chi connectivity index (χ4v) is 3.01. The summed E-state index contributed by atoms with van der Waals surface area (Å²) in [5.74, 6) is -0.152. The number of aromatic nitrogens is 1. The van der Waals surface area contributed by atoms with Crippen LogP contribution in [-0.4, -0.2) is 49.6 Å². The number of carbonyl (C=O) groups is 1. The number of carbonyl (C=O) groups excluding carboxylic acids is 1. The molecule has 104 valence electrons. The Morgan fingerprint density at radius 1 is 1.47 bits per heavy atom. The first kappa shape index (κ1) is 14.0. The maximum Gasteiger partial charge on any atom is 0.272 e. The number of pyridine rings is 1. The van der Waals surface area contributed by atoms with Gasteiger partial charge in [0.25, 0.3) is 5.91 Å². The molecule has 0 aromatic carbocycles. The minimum atomic E-state index is -3.24. The van der Waals surface area contributed by atoms with Gasteiger partial charge in [0, 0.05) is 25.3 Å². The van der Waals surface area contributed by atoms with Crippen LogP contribution in [-0.2, 0) is 10.0 Å². The van der Waals surface area contributed by atoms with Crippen LogP contribution in [0.25, 0.3) is 0 Å². The SMILES string of the molecule is CS(=O)(=O)N[C@H]1CCCN(C(=O)c2ccccn2)C1. The third-order valence-corrected chi connectivity index (χ3v) is 3.73. The Kier molecular flexibility index (Phi) is 4.16. The van der Waals surface area contributed by atoms with Gasteiger partial charge in [-0.25, -0.2) is 13.1 Å². The van der Waals surface area contributed by atoms with E-state index in [0.717, 1.165) is 19.1 Å². The van der Waals surface area contributed by atoms with E-state index in [1.807, 2.05) is 0 Å². The zero-order valence-corrected chi connectivity index (χ0v) is 11.6. The van der Waals surface area contributed by atoms with E-state index < -0.39 is 10.0 Å². The van der Waals surface area contributed by atoms with Crippen LogP contribution in [0.15, 0.2) is 24.4 Å². The molecule has 1 N–H and O–H groups in total. The first-order chi connectivity index (χ1) is 8.96. The molecule has 1 amide bonds. The van der Waals surface area contributed by atoms with Gasteiger partial charge in [-0.05, 0) is 25.0 Å². The fraction of sp³-hybridized carbons (Fsp3) is 0.500. The van der Waals surface area contributed by atoms with Crippen molar-refractivity contribution in [3.63, 3.8) is 0 Å². The van der Waals surface area contributed by atoms with Crippen molar-refractivity contribution in [3.8, 4) is 0 Å². The van der Waals surface area contributed by atoms with Crippen molar-refractivity contribution < 1.29 is 13.2 Å². The van der Waals surface area contributed by atoms with Crippen molar-refractivity contribution in [2.24, 2.45) is 0 Å². The minimum absolute atomic E-state index is 0.152. The number of hydrogen-bond acceptors (Lipinski definition) is 4. The van der Waals surface area contributed by atoms with Gasteiger partial charge in [0.05, 0.1) is 6.26 Å². The number of rotatable bonds is 3. The molecule has 0 aliphatic carbocycles. The molecule has 1 aliphatic heterocycles. The second-order valence-corrected chi connectivity index (χ2v) is 6.48. The molecule has 0 bridgehead atoms. The second kappa shape index (κ2) is 5.66. The van der Waals surface area contributed by atoms with Crippen molar-refractivity contribution in [1.29, 1.82) is 0 Å². The zero-order valence-electron chi connectivity index (χ0n) is 10.7. The van der Waals surface area contributed by atoms with Crippen LogP contribution in [0.1, 0.15) is 23.3 Å². The lowest BCUT2D eigenvalue weighted by Crippen LogP contribution is -2.49. The summed E-state index contributed by atoms with van der Waals surface area (Å²) in [7, 11) is -3.24. The van der Waals surface area contributed by atoms with E-state index in [1.54, 1.807) is 29.3 Å². The zero-order chi connectivity index (χ0) is 13.9. The van der Waals surface area contributed by atoms with Crippen LogP contribution in [0.3, 0.4) is 0 Å². The molecule has 6 nitrogen and oxygen atoms in total. The average molecular weight is 283 g/mol. The number of nitrogens with one attached hydrogen (secondary N) is 1. The Morgan fingerprint density at radius 3 is 2.89 bits per heavy atom. The molecular weight excluding hydrogens is 266 g/mol. The highest BCUT2D eigenvalue weighted by atomic mass is 32.2. The summed E-state index contributed by atoms with van der Waals surface area (Å²) < 4.78 is 25.0. The Balaban J connectivity index is 2.03. The third-order valence-electron chi connectivity index (χ3n) is 2.97. The summed E-state index contributed by atoms with van der Waals surface area (Å²) in [6.45, 7) is 1.03. The first-order valence-electron chi connectivity index (χ1n) is 6.13. The summed E-state index contributed by atoms with van der Waals surface area (Å²) in [4.78, 5) is 17.9. The molecule has 7 heteroatoms. The van der Waals surface area contributed by atoms with Crippen LogP contribution in [0.2, 0.25) is 0 Å². The monoisotopic (exact) mass is 283 g/mol. The summed E-state index contributed by atoms with van der Waals surface area (Å²) >= 11 is 0. The van der Waals surface area contributed by atoms with Crippen molar-refractivity contribution in [2.45, 2.75) is 18.9 Å². The van der Waals surface area contributed by atoms with Gasteiger partial charge in [-0.1, -0.05) is 6.07 Å². The average Bonchev–Trinajstić information content (AvgIpc) is 2.37. The lowest BCUT2D eigenvalue weighted by Gasteiger charge is -2.32. The summed E-state index contributed by atoms with van der Waals surface area (Å²) in [6.07, 6.45) is 4.24. The van der Waals surface area contributed by atoms with Gasteiger partial charge in [0.1, 0.15) is 5.69 Å². The number of hydrogen-bond donors (Lipinski definition) is 1. The molecule has 0 spiro atoms. The predicted molar refractivity (Wildman–Crippen MR) is 71.1 cm³/mol. The van der Waals surface area contributed by atoms with Crippen LogP contribution < -0.4 is 4.72 Å². The quantitative estimate of drug-likeness (QED) is 0.861.